The van der Waals surface area contributed by atoms with Crippen LogP contribution in [-0.4, -0.2) is 61.5 Å². The summed E-state index contributed by atoms with van der Waals surface area (Å²) in [6.45, 7) is -1.32. The number of carboxylic acids is 1. The lowest BCUT2D eigenvalue weighted by Crippen LogP contribution is -2.38. The highest BCUT2D eigenvalue weighted by atomic mass is 32.2. The van der Waals surface area contributed by atoms with Crippen LogP contribution in [0.3, 0.4) is 0 Å². The molecule has 1 amide bonds. The number of carboxylic acid groups (broad SMARTS) is 1. The number of aliphatic imine (C=N–C) groups is 1. The molecule has 0 aromatic heterocycles. The first-order valence-electron chi connectivity index (χ1n) is 7.57. The minimum atomic E-state index is -3.26. The molecule has 1 aromatic carbocycles. The van der Waals surface area contributed by atoms with Crippen molar-refractivity contribution in [2.45, 2.75) is 11.3 Å². The number of benzene rings is 1. The molecule has 0 saturated carbocycles. The maximum absolute atomic E-state index is 14.3. The molecule has 2 aliphatic heterocycles. The summed E-state index contributed by atoms with van der Waals surface area (Å²) in [5.41, 5.74) is 0.131. The lowest BCUT2D eigenvalue weighted by Gasteiger charge is -2.24. The molecule has 0 aliphatic carbocycles. The average molecular weight is 401 g/mol. The zero-order chi connectivity index (χ0) is 18.9. The summed E-state index contributed by atoms with van der Waals surface area (Å²) < 4.78 is 42.7. The number of fused-ring (bicyclic) bond motifs is 1. The van der Waals surface area contributed by atoms with E-state index in [2.05, 4.69) is 9.73 Å². The molecule has 1 aromatic rings. The maximum atomic E-state index is 14.3. The van der Waals surface area contributed by atoms with E-state index in [9.17, 15) is 27.5 Å². The molecular formula is C15H14FN2O6S2-. The van der Waals surface area contributed by atoms with Gasteiger partial charge in [0.15, 0.2) is 15.0 Å². The quantitative estimate of drug-likeness (QED) is 0.629. The van der Waals surface area contributed by atoms with Crippen molar-refractivity contribution in [1.82, 2.24) is 0 Å². The van der Waals surface area contributed by atoms with Gasteiger partial charge in [0.2, 0.25) is 0 Å². The van der Waals surface area contributed by atoms with E-state index in [1.807, 2.05) is 0 Å². The number of amidine groups is 1. The van der Waals surface area contributed by atoms with Crippen molar-refractivity contribution < 1.29 is 32.2 Å². The lowest BCUT2D eigenvalue weighted by molar-refractivity contribution is -0.309. The average Bonchev–Trinajstić information content (AvgIpc) is 2.98. The second-order valence-electron chi connectivity index (χ2n) is 5.77. The zero-order valence-corrected chi connectivity index (χ0v) is 15.0. The van der Waals surface area contributed by atoms with Gasteiger partial charge in [0, 0.05) is 5.25 Å². The molecule has 2 saturated heterocycles. The molecule has 0 spiro atoms. The highest BCUT2D eigenvalue weighted by Gasteiger charge is 2.49. The number of para-hydroxylation sites is 1. The number of amides is 1. The zero-order valence-electron chi connectivity index (χ0n) is 13.3. The van der Waals surface area contributed by atoms with Gasteiger partial charge < -0.3 is 19.5 Å². The number of nitrogens with zero attached hydrogens (tertiary/aromatic N) is 2. The maximum Gasteiger partial charge on any atom is 0.274 e. The van der Waals surface area contributed by atoms with E-state index in [0.717, 1.165) is 11.8 Å². The molecule has 8 nitrogen and oxygen atoms in total. The van der Waals surface area contributed by atoms with E-state index in [-0.39, 0.29) is 27.6 Å². The summed E-state index contributed by atoms with van der Waals surface area (Å²) >= 11 is 1.09. The van der Waals surface area contributed by atoms with Crippen molar-refractivity contribution in [3.8, 4) is 0 Å². The number of ether oxygens (including phenoxy) is 1. The highest BCUT2D eigenvalue weighted by molar-refractivity contribution is 8.16. The molecular weight excluding hydrogens is 387 g/mol. The smallest absolute Gasteiger partial charge is 0.274 e. The fraction of sp³-hybridized carbons (Fsp3) is 0.400. The standard InChI is InChI=1S/C15H15FN2O6S2/c16-9-3-1-2-4-10(9)18-11-7-26(22,23)8-12(11)25-15(18)17-13(19)5-24-6-14(20)21/h1-4,11-12H,5-8H2,(H,20,21)/p-1/t11-,12+/m1/s1. The van der Waals surface area contributed by atoms with Crippen LogP contribution < -0.4 is 10.0 Å². The molecule has 2 aliphatic rings. The fourth-order valence-electron chi connectivity index (χ4n) is 2.85. The van der Waals surface area contributed by atoms with Gasteiger partial charge in [-0.3, -0.25) is 4.79 Å². The number of carbonyl (C=O) groups is 2. The van der Waals surface area contributed by atoms with Crippen LogP contribution in [0.15, 0.2) is 29.3 Å². The summed E-state index contributed by atoms with van der Waals surface area (Å²) in [5, 5.41) is 10.1. The molecule has 140 valence electrons. The van der Waals surface area contributed by atoms with Crippen LogP contribution in [0.5, 0.6) is 0 Å². The second kappa shape index (κ2) is 7.33. The summed E-state index contributed by atoms with van der Waals surface area (Å²) in [6.07, 6.45) is 0. The first-order chi connectivity index (χ1) is 12.3. The van der Waals surface area contributed by atoms with Gasteiger partial charge in [-0.15, -0.1) is 0 Å². The van der Waals surface area contributed by atoms with Crippen molar-refractivity contribution in [2.24, 2.45) is 4.99 Å². The Morgan fingerprint density at radius 2 is 2.04 bits per heavy atom. The van der Waals surface area contributed by atoms with Crippen molar-refractivity contribution in [2.75, 3.05) is 29.6 Å². The summed E-state index contributed by atoms with van der Waals surface area (Å²) in [4.78, 5) is 27.5. The molecule has 0 bridgehead atoms. The van der Waals surface area contributed by atoms with E-state index in [1.54, 1.807) is 6.07 Å². The van der Waals surface area contributed by atoms with Crippen molar-refractivity contribution in [3.05, 3.63) is 30.1 Å². The SMILES string of the molecule is O=C([O-])COCC(=O)N=C1S[C@H]2CS(=O)(=O)C[C@H]2N1c1ccccc1F. The third-order valence-electron chi connectivity index (χ3n) is 3.84. The van der Waals surface area contributed by atoms with Gasteiger partial charge in [-0.05, 0) is 12.1 Å². The van der Waals surface area contributed by atoms with Crippen LogP contribution in [0.2, 0.25) is 0 Å². The Morgan fingerprint density at radius 3 is 2.73 bits per heavy atom. The molecule has 11 heteroatoms. The van der Waals surface area contributed by atoms with Gasteiger partial charge in [-0.25, -0.2) is 12.8 Å². The van der Waals surface area contributed by atoms with Crippen LogP contribution in [-0.2, 0) is 24.2 Å². The molecule has 2 atom stereocenters. The molecule has 0 N–H and O–H groups in total. The number of carbonyl (C=O) groups excluding carboxylic acids is 2. The number of halogens is 1. The number of hydrogen-bond donors (Lipinski definition) is 0. The number of thioether (sulfide) groups is 1. The Bertz CT molecular complexity index is 873. The second-order valence-corrected chi connectivity index (χ2v) is 9.14. The number of hydrogen-bond acceptors (Lipinski definition) is 7. The predicted octanol–water partition coefficient (Wildman–Crippen LogP) is -0.806. The Kier molecular flexibility index (Phi) is 5.30. The predicted molar refractivity (Wildman–Crippen MR) is 91.0 cm³/mol. The van der Waals surface area contributed by atoms with Gasteiger partial charge in [0.05, 0.1) is 35.8 Å². The van der Waals surface area contributed by atoms with Crippen LogP contribution in [0.4, 0.5) is 10.1 Å². The Morgan fingerprint density at radius 1 is 1.31 bits per heavy atom. The van der Waals surface area contributed by atoms with E-state index in [1.165, 1.54) is 23.1 Å². The molecule has 2 heterocycles. The molecule has 2 fully saturated rings. The third-order valence-corrected chi connectivity index (χ3v) is 7.05. The van der Waals surface area contributed by atoms with Crippen LogP contribution in [0.25, 0.3) is 0 Å². The Balaban J connectivity index is 1.87. The molecule has 0 unspecified atom stereocenters. The van der Waals surface area contributed by atoms with Gasteiger partial charge >= 0.3 is 0 Å². The van der Waals surface area contributed by atoms with Crippen molar-refractivity contribution in [3.63, 3.8) is 0 Å². The van der Waals surface area contributed by atoms with Crippen LogP contribution >= 0.6 is 11.8 Å². The first kappa shape index (κ1) is 18.8. The van der Waals surface area contributed by atoms with Gasteiger partial charge in [0.1, 0.15) is 12.4 Å². The van der Waals surface area contributed by atoms with E-state index < -0.39 is 46.8 Å². The van der Waals surface area contributed by atoms with Crippen LogP contribution in [0.1, 0.15) is 0 Å². The Hall–Kier alpha value is -1.98. The fourth-order valence-corrected chi connectivity index (χ4v) is 6.78. The summed E-state index contributed by atoms with van der Waals surface area (Å²) in [7, 11) is -3.26. The van der Waals surface area contributed by atoms with Crippen molar-refractivity contribution in [1.29, 1.82) is 0 Å². The number of aliphatic carboxylic acids is 1. The largest absolute Gasteiger partial charge is 0.548 e. The topological polar surface area (TPSA) is 116 Å². The third kappa shape index (κ3) is 4.05. The number of rotatable bonds is 5. The first-order valence-corrected chi connectivity index (χ1v) is 10.3. The number of sulfone groups is 1. The van der Waals surface area contributed by atoms with Gasteiger partial charge in [0.25, 0.3) is 5.91 Å². The molecule has 0 radical (unpaired) electrons. The van der Waals surface area contributed by atoms with E-state index in [4.69, 9.17) is 0 Å². The minimum absolute atomic E-state index is 0.0817. The summed E-state index contributed by atoms with van der Waals surface area (Å²) in [5.74, 6) is -3.02. The van der Waals surface area contributed by atoms with Crippen molar-refractivity contribution >= 4 is 44.3 Å². The minimum Gasteiger partial charge on any atom is -0.548 e. The Labute approximate surface area is 153 Å². The summed E-state index contributed by atoms with van der Waals surface area (Å²) in [6, 6.07) is 5.29. The number of anilines is 1. The molecule has 26 heavy (non-hydrogen) atoms. The van der Waals surface area contributed by atoms with Gasteiger partial charge in [-0.2, -0.15) is 4.99 Å². The monoisotopic (exact) mass is 401 g/mol. The normalized spacial score (nSPS) is 25.4. The van der Waals surface area contributed by atoms with Crippen LogP contribution in [0, 0.1) is 5.82 Å². The van der Waals surface area contributed by atoms with E-state index >= 15 is 0 Å². The highest BCUT2D eigenvalue weighted by Crippen LogP contribution is 2.41. The molecule has 3 rings (SSSR count). The van der Waals surface area contributed by atoms with Gasteiger partial charge in [-0.1, -0.05) is 23.9 Å². The lowest BCUT2D eigenvalue weighted by atomic mass is 10.2. The van der Waals surface area contributed by atoms with E-state index in [0.29, 0.717) is 0 Å².